The van der Waals surface area contributed by atoms with Crippen LogP contribution in [0.2, 0.25) is 0 Å². The fourth-order valence-electron chi connectivity index (χ4n) is 3.67. The van der Waals surface area contributed by atoms with Crippen LogP contribution < -0.4 is 15.6 Å². The van der Waals surface area contributed by atoms with Gasteiger partial charge in [0.25, 0.3) is 0 Å². The molecule has 34 heavy (non-hydrogen) atoms. The molecule has 0 bridgehead atoms. The summed E-state index contributed by atoms with van der Waals surface area (Å²) in [7, 11) is 0. The predicted octanol–water partition coefficient (Wildman–Crippen LogP) is 5.83. The van der Waals surface area contributed by atoms with E-state index in [0.29, 0.717) is 29.3 Å². The number of benzene rings is 2. The number of piperidine rings is 1. The smallest absolute Gasteiger partial charge is 0.250 e. The fraction of sp³-hybridized carbons (Fsp3) is 0.333. The third-order valence-electron chi connectivity index (χ3n) is 5.97. The molecule has 1 aromatic heterocycles. The molecule has 3 N–H and O–H groups in total. The fourth-order valence-corrected chi connectivity index (χ4v) is 5.56. The van der Waals surface area contributed by atoms with Crippen LogP contribution in [-0.2, 0) is 0 Å². The highest BCUT2D eigenvalue weighted by Gasteiger charge is 2.20. The number of nitrogens with one attached hydrogen (secondary N) is 2. The van der Waals surface area contributed by atoms with E-state index < -0.39 is 0 Å². The number of aromatic hydroxyl groups is 1. The number of phenols is 1. The predicted molar refractivity (Wildman–Crippen MR) is 154 cm³/mol. The van der Waals surface area contributed by atoms with Crippen molar-refractivity contribution in [2.45, 2.75) is 33.6 Å². The molecule has 0 saturated carbocycles. The molecule has 0 unspecified atom stereocenters. The first kappa shape index (κ1) is 24.9. The SMILES string of the molecule is Cc1cccc(Nc2nc(N/N=C/c3cc(I)cc(I)c3O)nc(N3CCC(C)CC3)n2)c1C. The number of hydrogen-bond acceptors (Lipinski definition) is 8. The van der Waals surface area contributed by atoms with Crippen molar-refractivity contribution >= 4 is 74.9 Å². The van der Waals surface area contributed by atoms with Gasteiger partial charge in [0.2, 0.25) is 17.8 Å². The molecule has 0 amide bonds. The third kappa shape index (κ3) is 6.06. The Morgan fingerprint density at radius 1 is 1.09 bits per heavy atom. The average molecular weight is 683 g/mol. The molecule has 1 saturated heterocycles. The van der Waals surface area contributed by atoms with Crippen LogP contribution in [0.5, 0.6) is 5.75 Å². The molecule has 0 radical (unpaired) electrons. The lowest BCUT2D eigenvalue weighted by molar-refractivity contribution is 0.434. The molecule has 4 rings (SSSR count). The van der Waals surface area contributed by atoms with E-state index >= 15 is 0 Å². The summed E-state index contributed by atoms with van der Waals surface area (Å²) in [5.41, 5.74) is 6.84. The minimum Gasteiger partial charge on any atom is -0.506 e. The lowest BCUT2D eigenvalue weighted by Crippen LogP contribution is -2.34. The number of hydrogen-bond donors (Lipinski definition) is 3. The highest BCUT2D eigenvalue weighted by molar-refractivity contribution is 14.1. The minimum absolute atomic E-state index is 0.197. The van der Waals surface area contributed by atoms with Gasteiger partial charge >= 0.3 is 0 Å². The minimum atomic E-state index is 0.197. The van der Waals surface area contributed by atoms with E-state index in [1.807, 2.05) is 24.3 Å². The summed E-state index contributed by atoms with van der Waals surface area (Å²) in [5.74, 6) is 2.33. The van der Waals surface area contributed by atoms with Gasteiger partial charge in [0, 0.05) is 27.9 Å². The molecular weight excluding hydrogens is 656 g/mol. The average Bonchev–Trinajstić information content (AvgIpc) is 2.80. The normalized spacial score (nSPS) is 14.6. The monoisotopic (exact) mass is 683 g/mol. The molecule has 2 aromatic carbocycles. The summed E-state index contributed by atoms with van der Waals surface area (Å²) in [6.45, 7) is 8.25. The van der Waals surface area contributed by atoms with E-state index in [2.05, 4.69) is 103 Å². The molecule has 178 valence electrons. The molecule has 10 heteroatoms. The quantitative estimate of drug-likeness (QED) is 0.171. The van der Waals surface area contributed by atoms with Crippen molar-refractivity contribution in [1.29, 1.82) is 0 Å². The number of rotatable bonds is 6. The molecule has 1 aliphatic heterocycles. The van der Waals surface area contributed by atoms with E-state index in [1.54, 1.807) is 6.21 Å². The van der Waals surface area contributed by atoms with E-state index in [9.17, 15) is 5.11 Å². The van der Waals surface area contributed by atoms with Crippen LogP contribution >= 0.6 is 45.2 Å². The number of aromatic nitrogens is 3. The van der Waals surface area contributed by atoms with Gasteiger partial charge in [0.1, 0.15) is 5.75 Å². The Morgan fingerprint density at radius 3 is 2.59 bits per heavy atom. The topological polar surface area (TPSA) is 98.6 Å². The first-order chi connectivity index (χ1) is 16.3. The van der Waals surface area contributed by atoms with E-state index in [0.717, 1.165) is 44.3 Å². The highest BCUT2D eigenvalue weighted by atomic mass is 127. The van der Waals surface area contributed by atoms with Crippen molar-refractivity contribution in [3.05, 3.63) is 54.2 Å². The Morgan fingerprint density at radius 2 is 1.82 bits per heavy atom. The summed E-state index contributed by atoms with van der Waals surface area (Å²) >= 11 is 4.32. The summed E-state index contributed by atoms with van der Waals surface area (Å²) in [5, 5.41) is 18.0. The third-order valence-corrected chi connectivity index (χ3v) is 7.41. The Bertz CT molecular complexity index is 1210. The molecule has 1 aliphatic rings. The summed E-state index contributed by atoms with van der Waals surface area (Å²) in [6, 6.07) is 9.88. The lowest BCUT2D eigenvalue weighted by Gasteiger charge is -2.30. The van der Waals surface area contributed by atoms with Gasteiger partial charge in [0.15, 0.2) is 0 Å². The van der Waals surface area contributed by atoms with Gasteiger partial charge in [-0.25, -0.2) is 5.43 Å². The van der Waals surface area contributed by atoms with Gasteiger partial charge in [0.05, 0.1) is 9.78 Å². The van der Waals surface area contributed by atoms with Crippen LogP contribution in [0, 0.1) is 26.9 Å². The highest BCUT2D eigenvalue weighted by Crippen LogP contribution is 2.27. The van der Waals surface area contributed by atoms with Crippen LogP contribution in [-0.4, -0.2) is 39.4 Å². The Kier molecular flexibility index (Phi) is 8.06. The van der Waals surface area contributed by atoms with Crippen LogP contribution in [0.15, 0.2) is 35.4 Å². The molecule has 8 nitrogen and oxygen atoms in total. The van der Waals surface area contributed by atoms with Gasteiger partial charge in [-0.1, -0.05) is 19.1 Å². The molecular formula is C24H27I2N7O. The van der Waals surface area contributed by atoms with Gasteiger partial charge in [-0.15, -0.1) is 0 Å². The molecule has 1 fully saturated rings. The second kappa shape index (κ2) is 11.0. The van der Waals surface area contributed by atoms with Gasteiger partial charge in [-0.2, -0.15) is 20.1 Å². The Labute approximate surface area is 227 Å². The van der Waals surface area contributed by atoms with Crippen LogP contribution in [0.1, 0.15) is 36.5 Å². The van der Waals surface area contributed by atoms with Crippen molar-refractivity contribution < 1.29 is 5.11 Å². The van der Waals surface area contributed by atoms with Gasteiger partial charge in [-0.3, -0.25) is 0 Å². The molecule has 0 aliphatic carbocycles. The Balaban J connectivity index is 1.62. The number of hydrazone groups is 1. The maximum atomic E-state index is 10.3. The second-order valence-electron chi connectivity index (χ2n) is 8.52. The van der Waals surface area contributed by atoms with Crippen molar-refractivity contribution in [1.82, 2.24) is 15.0 Å². The van der Waals surface area contributed by atoms with E-state index in [4.69, 9.17) is 4.98 Å². The van der Waals surface area contributed by atoms with E-state index in [1.165, 1.54) is 5.56 Å². The largest absolute Gasteiger partial charge is 0.506 e. The van der Waals surface area contributed by atoms with E-state index in [-0.39, 0.29) is 5.75 Å². The second-order valence-corrected chi connectivity index (χ2v) is 10.9. The van der Waals surface area contributed by atoms with Gasteiger partial charge in [-0.05, 0) is 107 Å². The number of anilines is 4. The van der Waals surface area contributed by atoms with Crippen LogP contribution in [0.25, 0.3) is 0 Å². The standard InChI is InChI=1S/C24H27I2N7O/c1-14-7-9-33(10-8-14)24-30-22(28-20-6-4-5-15(2)16(20)3)29-23(31-24)32-27-13-17-11-18(25)12-19(26)21(17)34/h4-6,11-14,34H,7-10H2,1-3H3,(H2,28,29,30,31,32)/b27-13+. The zero-order valence-electron chi connectivity index (χ0n) is 19.3. The number of nitrogens with zero attached hydrogens (tertiary/aromatic N) is 5. The molecule has 0 spiro atoms. The zero-order valence-corrected chi connectivity index (χ0v) is 23.6. The number of halogens is 2. The first-order valence-corrected chi connectivity index (χ1v) is 13.3. The van der Waals surface area contributed by atoms with Crippen molar-refractivity contribution in [3.63, 3.8) is 0 Å². The van der Waals surface area contributed by atoms with Crippen molar-refractivity contribution in [2.24, 2.45) is 11.0 Å². The summed E-state index contributed by atoms with van der Waals surface area (Å²) < 4.78 is 1.79. The number of aryl methyl sites for hydroxylation is 1. The van der Waals surface area contributed by atoms with Crippen LogP contribution in [0.4, 0.5) is 23.5 Å². The van der Waals surface area contributed by atoms with Crippen molar-refractivity contribution in [2.75, 3.05) is 28.7 Å². The molecule has 3 aromatic rings. The maximum Gasteiger partial charge on any atom is 0.250 e. The van der Waals surface area contributed by atoms with Gasteiger partial charge < -0.3 is 15.3 Å². The number of phenolic OH excluding ortho intramolecular Hbond substituents is 1. The lowest BCUT2D eigenvalue weighted by atomic mass is 10.00. The molecule has 2 heterocycles. The maximum absolute atomic E-state index is 10.3. The molecule has 0 atom stereocenters. The summed E-state index contributed by atoms with van der Waals surface area (Å²) in [6.07, 6.45) is 3.79. The van der Waals surface area contributed by atoms with Crippen molar-refractivity contribution in [3.8, 4) is 5.75 Å². The zero-order chi connectivity index (χ0) is 24.2. The van der Waals surface area contributed by atoms with Crippen LogP contribution in [0.3, 0.4) is 0 Å². The summed E-state index contributed by atoms with van der Waals surface area (Å²) in [4.78, 5) is 16.1. The first-order valence-electron chi connectivity index (χ1n) is 11.1. The Hall–Kier alpha value is -2.22.